The fourth-order valence-corrected chi connectivity index (χ4v) is 5.16. The number of piperidine rings is 1. The summed E-state index contributed by atoms with van der Waals surface area (Å²) in [5.74, 6) is 0.240. The molecule has 1 aromatic carbocycles. The van der Waals surface area contributed by atoms with E-state index in [1.165, 1.54) is 6.07 Å². The van der Waals surface area contributed by atoms with Crippen molar-refractivity contribution >= 4 is 28.1 Å². The minimum atomic E-state index is -0.326. The van der Waals surface area contributed by atoms with Gasteiger partial charge in [-0.15, -0.1) is 0 Å². The number of aliphatic hydroxyl groups excluding tert-OH is 1. The highest BCUT2D eigenvalue weighted by molar-refractivity contribution is 5.94. The van der Waals surface area contributed by atoms with E-state index >= 15 is 4.39 Å². The zero-order valence-corrected chi connectivity index (χ0v) is 19.7. The third-order valence-electron chi connectivity index (χ3n) is 7.05. The highest BCUT2D eigenvalue weighted by atomic mass is 19.1. The van der Waals surface area contributed by atoms with Crippen molar-refractivity contribution in [1.29, 1.82) is 0 Å². The number of anilines is 3. The van der Waals surface area contributed by atoms with Crippen molar-refractivity contribution in [1.82, 2.24) is 20.3 Å². The minimum absolute atomic E-state index is 0.237. The largest absolute Gasteiger partial charge is 0.393 e. The molecule has 1 fully saturated rings. The van der Waals surface area contributed by atoms with Crippen LogP contribution < -0.4 is 21.1 Å². The van der Waals surface area contributed by atoms with Crippen LogP contribution >= 0.6 is 0 Å². The number of aromatic amines is 1. The Kier molecular flexibility index (Phi) is 5.86. The number of hydrogen-bond acceptors (Lipinski definition) is 7. The molecule has 4 N–H and O–H groups in total. The van der Waals surface area contributed by atoms with Crippen molar-refractivity contribution in [2.24, 2.45) is 0 Å². The van der Waals surface area contributed by atoms with E-state index in [0.29, 0.717) is 46.6 Å². The SMILES string of the molecule is O=c1[nH]ccc2nc(-c3c(F)ccc4c3CCNC4)cc(Nc3ccc(N4CCC(O)CC4)cn3)c12. The van der Waals surface area contributed by atoms with Crippen LogP contribution in [0.5, 0.6) is 0 Å². The number of aromatic nitrogens is 3. The van der Waals surface area contributed by atoms with Crippen LogP contribution in [0.25, 0.3) is 22.2 Å². The van der Waals surface area contributed by atoms with E-state index in [4.69, 9.17) is 4.98 Å². The second-order valence-electron chi connectivity index (χ2n) is 9.35. The Morgan fingerprint density at radius 2 is 2.00 bits per heavy atom. The monoisotopic (exact) mass is 486 g/mol. The van der Waals surface area contributed by atoms with Gasteiger partial charge < -0.3 is 25.6 Å². The number of fused-ring (bicyclic) bond motifs is 2. The molecule has 2 aliphatic rings. The number of pyridine rings is 3. The first-order valence-corrected chi connectivity index (χ1v) is 12.3. The van der Waals surface area contributed by atoms with Crippen molar-refractivity contribution in [2.45, 2.75) is 31.9 Å². The third-order valence-corrected chi connectivity index (χ3v) is 7.05. The van der Waals surface area contributed by atoms with E-state index in [1.54, 1.807) is 24.5 Å². The molecule has 0 radical (unpaired) electrons. The second-order valence-corrected chi connectivity index (χ2v) is 9.35. The first-order chi connectivity index (χ1) is 17.6. The summed E-state index contributed by atoms with van der Waals surface area (Å²) < 4.78 is 15.2. The molecule has 8 nitrogen and oxygen atoms in total. The van der Waals surface area contributed by atoms with Gasteiger partial charge in [0, 0.05) is 31.4 Å². The molecule has 0 spiro atoms. The summed E-state index contributed by atoms with van der Waals surface area (Å²) in [6.07, 6.45) is 5.29. The average Bonchev–Trinajstić information content (AvgIpc) is 2.89. The maximum atomic E-state index is 15.2. The van der Waals surface area contributed by atoms with E-state index in [9.17, 15) is 9.90 Å². The van der Waals surface area contributed by atoms with Gasteiger partial charge in [-0.2, -0.15) is 0 Å². The lowest BCUT2D eigenvalue weighted by Crippen LogP contribution is -2.35. The van der Waals surface area contributed by atoms with Crippen molar-refractivity contribution < 1.29 is 9.50 Å². The lowest BCUT2D eigenvalue weighted by molar-refractivity contribution is 0.145. The topological polar surface area (TPSA) is 106 Å². The van der Waals surface area contributed by atoms with E-state index in [0.717, 1.165) is 49.3 Å². The summed E-state index contributed by atoms with van der Waals surface area (Å²) in [7, 11) is 0. The number of nitrogens with zero attached hydrogens (tertiary/aromatic N) is 3. The van der Waals surface area contributed by atoms with Gasteiger partial charge in [-0.25, -0.2) is 14.4 Å². The number of halogens is 1. The van der Waals surface area contributed by atoms with E-state index in [2.05, 4.69) is 25.5 Å². The van der Waals surface area contributed by atoms with E-state index in [-0.39, 0.29) is 17.5 Å². The highest BCUT2D eigenvalue weighted by Gasteiger charge is 2.21. The predicted molar refractivity (Wildman–Crippen MR) is 138 cm³/mol. The minimum Gasteiger partial charge on any atom is -0.393 e. The van der Waals surface area contributed by atoms with Crippen molar-refractivity contribution in [3.05, 3.63) is 76.1 Å². The lowest BCUT2D eigenvalue weighted by Gasteiger charge is -2.31. The fourth-order valence-electron chi connectivity index (χ4n) is 5.16. The Labute approximate surface area is 207 Å². The first kappa shape index (κ1) is 22.6. The zero-order valence-electron chi connectivity index (χ0n) is 19.7. The van der Waals surface area contributed by atoms with Crippen LogP contribution in [0.4, 0.5) is 21.6 Å². The Hall–Kier alpha value is -3.82. The number of aliphatic hydroxyl groups is 1. The smallest absolute Gasteiger partial charge is 0.259 e. The van der Waals surface area contributed by atoms with Crippen molar-refractivity contribution in [3.63, 3.8) is 0 Å². The van der Waals surface area contributed by atoms with Crippen LogP contribution in [0.2, 0.25) is 0 Å². The maximum Gasteiger partial charge on any atom is 0.259 e. The van der Waals surface area contributed by atoms with Gasteiger partial charge in [-0.1, -0.05) is 6.07 Å². The summed E-state index contributed by atoms with van der Waals surface area (Å²) >= 11 is 0. The maximum absolute atomic E-state index is 15.2. The van der Waals surface area contributed by atoms with Crippen LogP contribution in [-0.2, 0) is 13.0 Å². The molecule has 0 aliphatic carbocycles. The summed E-state index contributed by atoms with van der Waals surface area (Å²) in [5, 5.41) is 16.8. The molecule has 1 saturated heterocycles. The molecule has 3 aromatic heterocycles. The number of H-pyrrole nitrogens is 1. The Bertz CT molecular complexity index is 1480. The standard InChI is InChI=1S/C27H27FN6O2/c28-20-3-1-16-14-29-9-5-19(16)25(20)22-13-23(26-21(32-22)6-10-30-27(26)36)33-24-4-2-17(15-31-24)34-11-7-18(35)8-12-34/h1-4,6,10,13,15,18,29,35H,5,7-9,11-12,14H2,(H,30,36)(H,31,32,33). The van der Waals surface area contributed by atoms with Gasteiger partial charge in [-0.3, -0.25) is 4.79 Å². The summed E-state index contributed by atoms with van der Waals surface area (Å²) in [6.45, 7) is 3.03. The van der Waals surface area contributed by atoms with Crippen LogP contribution in [0.15, 0.2) is 53.6 Å². The molecule has 2 aliphatic heterocycles. The average molecular weight is 487 g/mol. The van der Waals surface area contributed by atoms with E-state index in [1.807, 2.05) is 18.2 Å². The molecule has 0 bridgehead atoms. The predicted octanol–water partition coefficient (Wildman–Crippen LogP) is 3.47. The first-order valence-electron chi connectivity index (χ1n) is 12.3. The van der Waals surface area contributed by atoms with Gasteiger partial charge in [0.25, 0.3) is 5.56 Å². The zero-order chi connectivity index (χ0) is 24.6. The number of hydrogen-bond donors (Lipinski definition) is 4. The molecule has 5 heterocycles. The van der Waals surface area contributed by atoms with Gasteiger partial charge in [0.15, 0.2) is 0 Å². The second kappa shape index (κ2) is 9.33. The molecule has 9 heteroatoms. The molecule has 0 amide bonds. The molecular weight excluding hydrogens is 459 g/mol. The molecule has 0 saturated carbocycles. The Balaban J connectivity index is 1.40. The normalized spacial score (nSPS) is 16.2. The van der Waals surface area contributed by atoms with Gasteiger partial charge in [0.1, 0.15) is 11.6 Å². The van der Waals surface area contributed by atoms with Crippen LogP contribution in [-0.4, -0.2) is 45.8 Å². The van der Waals surface area contributed by atoms with E-state index < -0.39 is 0 Å². The lowest BCUT2D eigenvalue weighted by atomic mass is 9.92. The number of benzene rings is 1. The van der Waals surface area contributed by atoms with Gasteiger partial charge >= 0.3 is 0 Å². The summed E-state index contributed by atoms with van der Waals surface area (Å²) in [6, 6.07) is 10.6. The molecular formula is C27H27FN6O2. The number of nitrogens with one attached hydrogen (secondary N) is 3. The quantitative estimate of drug-likeness (QED) is 0.350. The molecule has 4 aromatic rings. The highest BCUT2D eigenvalue weighted by Crippen LogP contribution is 2.34. The molecule has 184 valence electrons. The van der Waals surface area contributed by atoms with Gasteiger partial charge in [0.05, 0.1) is 40.3 Å². The third kappa shape index (κ3) is 4.20. The summed E-state index contributed by atoms with van der Waals surface area (Å²) in [4.78, 5) is 26.9. The van der Waals surface area contributed by atoms with Crippen LogP contribution in [0.1, 0.15) is 24.0 Å². The molecule has 0 atom stereocenters. The van der Waals surface area contributed by atoms with Gasteiger partial charge in [0.2, 0.25) is 0 Å². The van der Waals surface area contributed by atoms with Gasteiger partial charge in [-0.05, 0) is 67.3 Å². The van der Waals surface area contributed by atoms with Crippen molar-refractivity contribution in [2.75, 3.05) is 29.9 Å². The van der Waals surface area contributed by atoms with Crippen molar-refractivity contribution in [3.8, 4) is 11.3 Å². The Morgan fingerprint density at radius 1 is 1.14 bits per heavy atom. The van der Waals surface area contributed by atoms with Crippen LogP contribution in [0.3, 0.4) is 0 Å². The Morgan fingerprint density at radius 3 is 2.81 bits per heavy atom. The van der Waals surface area contributed by atoms with Crippen LogP contribution in [0, 0.1) is 5.82 Å². The fraction of sp³-hybridized carbons (Fsp3) is 0.296. The molecule has 0 unspecified atom stereocenters. The molecule has 6 rings (SSSR count). The number of rotatable bonds is 4. The summed E-state index contributed by atoms with van der Waals surface area (Å²) in [5.41, 5.74) is 4.67. The molecule has 36 heavy (non-hydrogen) atoms.